The number of aryl methyl sites for hydroxylation is 2. The van der Waals surface area contributed by atoms with Gasteiger partial charge in [-0.2, -0.15) is 5.10 Å². The highest BCUT2D eigenvalue weighted by molar-refractivity contribution is 6.05. The van der Waals surface area contributed by atoms with Gasteiger partial charge in [0, 0.05) is 45.5 Å². The molecule has 29 heavy (non-hydrogen) atoms. The van der Waals surface area contributed by atoms with Crippen LogP contribution in [0.1, 0.15) is 42.7 Å². The molecule has 0 saturated carbocycles. The molecule has 2 saturated heterocycles. The van der Waals surface area contributed by atoms with Crippen LogP contribution in [0.5, 0.6) is 0 Å². The zero-order valence-corrected chi connectivity index (χ0v) is 17.8. The van der Waals surface area contributed by atoms with Crippen molar-refractivity contribution < 1.29 is 14.3 Å². The van der Waals surface area contributed by atoms with Gasteiger partial charge in [0.15, 0.2) is 5.65 Å². The van der Waals surface area contributed by atoms with Gasteiger partial charge in [0.2, 0.25) is 0 Å². The van der Waals surface area contributed by atoms with Crippen LogP contribution in [0.4, 0.5) is 5.69 Å². The lowest BCUT2D eigenvalue weighted by Gasteiger charge is -2.42. The minimum atomic E-state index is -0.315. The summed E-state index contributed by atoms with van der Waals surface area (Å²) in [6, 6.07) is 0.566. The molecule has 0 spiro atoms. The summed E-state index contributed by atoms with van der Waals surface area (Å²) in [5.41, 5.74) is 3.15. The number of morpholine rings is 1. The summed E-state index contributed by atoms with van der Waals surface area (Å²) in [7, 11) is 1.89. The third kappa shape index (κ3) is 3.83. The van der Waals surface area contributed by atoms with Crippen LogP contribution in [-0.4, -0.2) is 77.2 Å². The number of carbonyl (C=O) groups excluding carboxylic acids is 1. The van der Waals surface area contributed by atoms with E-state index < -0.39 is 0 Å². The van der Waals surface area contributed by atoms with E-state index in [1.54, 1.807) is 10.9 Å². The molecule has 4 rings (SSSR count). The summed E-state index contributed by atoms with van der Waals surface area (Å²) in [6.45, 7) is 10.9. The van der Waals surface area contributed by atoms with Crippen LogP contribution < -0.4 is 4.90 Å². The lowest BCUT2D eigenvalue weighted by atomic mass is 9.99. The van der Waals surface area contributed by atoms with Crippen molar-refractivity contribution in [2.75, 3.05) is 44.3 Å². The fraction of sp³-hybridized carbons (Fsp3) is 0.667. The van der Waals surface area contributed by atoms with Crippen molar-refractivity contribution in [1.82, 2.24) is 19.7 Å². The van der Waals surface area contributed by atoms with E-state index in [9.17, 15) is 4.79 Å². The van der Waals surface area contributed by atoms with Crippen molar-refractivity contribution in [3.05, 3.63) is 17.5 Å². The largest absolute Gasteiger partial charge is 0.462 e. The smallest absolute Gasteiger partial charge is 0.341 e. The van der Waals surface area contributed by atoms with Crippen molar-refractivity contribution in [2.24, 2.45) is 7.05 Å². The van der Waals surface area contributed by atoms with Gasteiger partial charge in [-0.25, -0.2) is 9.78 Å². The first kappa shape index (κ1) is 20.1. The van der Waals surface area contributed by atoms with E-state index in [4.69, 9.17) is 9.47 Å². The lowest BCUT2D eigenvalue weighted by Crippen LogP contribution is -2.51. The number of rotatable bonds is 4. The average Bonchev–Trinajstić information content (AvgIpc) is 3.01. The highest BCUT2D eigenvalue weighted by atomic mass is 16.5. The number of hydrogen-bond acceptors (Lipinski definition) is 7. The molecule has 2 aliphatic rings. The normalized spacial score (nSPS) is 21.7. The number of esters is 1. The number of aromatic nitrogens is 3. The lowest BCUT2D eigenvalue weighted by molar-refractivity contribution is -0.0373. The van der Waals surface area contributed by atoms with Gasteiger partial charge >= 0.3 is 5.97 Å². The molecule has 8 heteroatoms. The van der Waals surface area contributed by atoms with Gasteiger partial charge in [0.05, 0.1) is 36.1 Å². The van der Waals surface area contributed by atoms with E-state index in [0.717, 1.165) is 68.0 Å². The molecule has 0 N–H and O–H groups in total. The zero-order chi connectivity index (χ0) is 20.5. The minimum Gasteiger partial charge on any atom is -0.462 e. The fourth-order valence-electron chi connectivity index (χ4n) is 4.71. The molecule has 8 nitrogen and oxygen atoms in total. The topological polar surface area (TPSA) is 72.7 Å². The minimum absolute atomic E-state index is 0.301. The average molecular weight is 402 g/mol. The molecule has 2 aromatic rings. The molecule has 1 unspecified atom stereocenters. The Morgan fingerprint density at radius 3 is 2.76 bits per heavy atom. The Labute approximate surface area is 171 Å². The first-order valence-electron chi connectivity index (χ1n) is 10.6. The molecule has 4 heterocycles. The third-order valence-electron chi connectivity index (χ3n) is 6.06. The van der Waals surface area contributed by atoms with Crippen LogP contribution in [0, 0.1) is 6.92 Å². The van der Waals surface area contributed by atoms with E-state index >= 15 is 0 Å². The summed E-state index contributed by atoms with van der Waals surface area (Å²) in [6.07, 6.45) is 4.08. The highest BCUT2D eigenvalue weighted by Crippen LogP contribution is 2.34. The molecule has 0 aromatic carbocycles. The Morgan fingerprint density at radius 2 is 2.07 bits per heavy atom. The number of fused-ring (bicyclic) bond motifs is 1. The number of carbonyl (C=O) groups is 1. The van der Waals surface area contributed by atoms with Crippen molar-refractivity contribution in [1.29, 1.82) is 0 Å². The number of nitrogens with zero attached hydrogens (tertiary/aromatic N) is 5. The van der Waals surface area contributed by atoms with Crippen molar-refractivity contribution >= 4 is 22.7 Å². The maximum Gasteiger partial charge on any atom is 0.341 e. The summed E-state index contributed by atoms with van der Waals surface area (Å²) in [4.78, 5) is 22.1. The Bertz CT molecular complexity index is 888. The number of piperidine rings is 1. The zero-order valence-electron chi connectivity index (χ0n) is 17.8. The predicted octanol–water partition coefficient (Wildman–Crippen LogP) is 2.14. The molecule has 0 radical (unpaired) electrons. The van der Waals surface area contributed by atoms with Crippen LogP contribution in [-0.2, 0) is 16.5 Å². The van der Waals surface area contributed by atoms with Gasteiger partial charge in [0.1, 0.15) is 5.56 Å². The van der Waals surface area contributed by atoms with E-state index in [1.165, 1.54) is 0 Å². The van der Waals surface area contributed by atoms with Gasteiger partial charge in [-0.3, -0.25) is 9.58 Å². The Balaban J connectivity index is 1.63. The number of anilines is 1. The summed E-state index contributed by atoms with van der Waals surface area (Å²) < 4.78 is 12.8. The van der Waals surface area contributed by atoms with Gasteiger partial charge in [-0.05, 0) is 33.6 Å². The molecule has 0 bridgehead atoms. The molecular weight excluding hydrogens is 370 g/mol. The first-order valence-corrected chi connectivity index (χ1v) is 10.6. The molecule has 2 aromatic heterocycles. The molecule has 0 amide bonds. The van der Waals surface area contributed by atoms with Crippen LogP contribution in [0.15, 0.2) is 6.20 Å². The van der Waals surface area contributed by atoms with Crippen molar-refractivity contribution in [3.8, 4) is 0 Å². The van der Waals surface area contributed by atoms with Crippen LogP contribution >= 0.6 is 0 Å². The van der Waals surface area contributed by atoms with Gasteiger partial charge < -0.3 is 14.4 Å². The van der Waals surface area contributed by atoms with Gasteiger partial charge in [0.25, 0.3) is 0 Å². The van der Waals surface area contributed by atoms with Gasteiger partial charge in [-0.1, -0.05) is 0 Å². The summed E-state index contributed by atoms with van der Waals surface area (Å²) in [5.74, 6) is -0.315. The monoisotopic (exact) mass is 401 g/mol. The quantitative estimate of drug-likeness (QED) is 0.727. The maximum atomic E-state index is 12.7. The Morgan fingerprint density at radius 1 is 1.31 bits per heavy atom. The Hall–Kier alpha value is -2.19. The third-order valence-corrected chi connectivity index (χ3v) is 6.06. The predicted molar refractivity (Wildman–Crippen MR) is 111 cm³/mol. The maximum absolute atomic E-state index is 12.7. The standard InChI is InChI=1S/C21H31N5O3/c1-5-28-21(27)17-12-22-20-18(15(3)23-24(20)4)19(17)25-8-6-16(7-9-25)26-10-11-29-14(2)13-26/h12,14,16H,5-11,13H2,1-4H3. The number of hydrogen-bond donors (Lipinski definition) is 0. The summed E-state index contributed by atoms with van der Waals surface area (Å²) >= 11 is 0. The molecule has 1 atom stereocenters. The molecule has 158 valence electrons. The van der Waals surface area contributed by atoms with E-state index in [1.807, 2.05) is 20.9 Å². The highest BCUT2D eigenvalue weighted by Gasteiger charge is 2.31. The van der Waals surface area contributed by atoms with Crippen molar-refractivity contribution in [3.63, 3.8) is 0 Å². The number of ether oxygens (including phenoxy) is 2. The van der Waals surface area contributed by atoms with E-state index in [2.05, 4.69) is 26.8 Å². The van der Waals surface area contributed by atoms with E-state index in [-0.39, 0.29) is 5.97 Å². The molecule has 2 aliphatic heterocycles. The van der Waals surface area contributed by atoms with Crippen LogP contribution in [0.3, 0.4) is 0 Å². The van der Waals surface area contributed by atoms with Gasteiger partial charge in [-0.15, -0.1) is 0 Å². The second-order valence-corrected chi connectivity index (χ2v) is 8.04. The number of pyridine rings is 1. The fourth-order valence-corrected chi connectivity index (χ4v) is 4.71. The van der Waals surface area contributed by atoms with Crippen LogP contribution in [0.2, 0.25) is 0 Å². The van der Waals surface area contributed by atoms with E-state index in [0.29, 0.717) is 24.3 Å². The Kier molecular flexibility index (Phi) is 5.74. The van der Waals surface area contributed by atoms with Crippen molar-refractivity contribution in [2.45, 2.75) is 45.8 Å². The van der Waals surface area contributed by atoms with Crippen LogP contribution in [0.25, 0.3) is 11.0 Å². The molecule has 0 aliphatic carbocycles. The second-order valence-electron chi connectivity index (χ2n) is 8.04. The summed E-state index contributed by atoms with van der Waals surface area (Å²) in [5, 5.41) is 5.50. The second kappa shape index (κ2) is 8.28. The molecule has 2 fully saturated rings. The molecular formula is C21H31N5O3. The first-order chi connectivity index (χ1) is 14.0. The SMILES string of the molecule is CCOC(=O)c1cnc2c(c(C)nn2C)c1N1CCC(N2CCOC(C)C2)CC1.